The smallest absolute Gasteiger partial charge is 0.232 e. The van der Waals surface area contributed by atoms with Crippen LogP contribution in [0.3, 0.4) is 0 Å². The van der Waals surface area contributed by atoms with Gasteiger partial charge >= 0.3 is 0 Å². The van der Waals surface area contributed by atoms with Gasteiger partial charge in [-0.1, -0.05) is 59.8 Å². The molecule has 1 unspecified atom stereocenters. The maximum absolute atomic E-state index is 10.4. The molecule has 0 amide bonds. The van der Waals surface area contributed by atoms with Crippen molar-refractivity contribution in [2.75, 3.05) is 52.0 Å². The molecule has 1 aliphatic rings. The van der Waals surface area contributed by atoms with Gasteiger partial charge in [-0.3, -0.25) is 4.90 Å². The summed E-state index contributed by atoms with van der Waals surface area (Å²) < 4.78 is 16.5. The zero-order valence-corrected chi connectivity index (χ0v) is 19.4. The van der Waals surface area contributed by atoms with Gasteiger partial charge in [-0.25, -0.2) is 0 Å². The van der Waals surface area contributed by atoms with Crippen molar-refractivity contribution >= 4 is 5.88 Å². The number of anilines is 1. The Labute approximate surface area is 195 Å². The SMILES string of the molecule is COCCN(Cc1c(-c2ccccc2)noc1N1CCc2ccccc2C1)CC(O)COC. The van der Waals surface area contributed by atoms with E-state index in [9.17, 15) is 5.11 Å². The molecule has 3 aromatic rings. The van der Waals surface area contributed by atoms with Crippen LogP contribution in [0.25, 0.3) is 11.3 Å². The predicted octanol–water partition coefficient (Wildman–Crippen LogP) is 3.36. The van der Waals surface area contributed by atoms with Crippen LogP contribution in [0.2, 0.25) is 0 Å². The van der Waals surface area contributed by atoms with Crippen molar-refractivity contribution in [1.29, 1.82) is 0 Å². The Bertz CT molecular complexity index is 1010. The number of benzene rings is 2. The first-order chi connectivity index (χ1) is 16.2. The second-order valence-electron chi connectivity index (χ2n) is 8.46. The van der Waals surface area contributed by atoms with Crippen molar-refractivity contribution in [3.8, 4) is 11.3 Å². The molecule has 4 rings (SSSR count). The summed E-state index contributed by atoms with van der Waals surface area (Å²) in [6.45, 7) is 4.25. The fourth-order valence-corrected chi connectivity index (χ4v) is 4.41. The molecular formula is C26H33N3O4. The van der Waals surface area contributed by atoms with E-state index in [-0.39, 0.29) is 6.61 Å². The van der Waals surface area contributed by atoms with Crippen LogP contribution in [0.1, 0.15) is 16.7 Å². The summed E-state index contributed by atoms with van der Waals surface area (Å²) >= 11 is 0. The number of methoxy groups -OCH3 is 2. The van der Waals surface area contributed by atoms with Gasteiger partial charge in [-0.15, -0.1) is 0 Å². The molecule has 2 heterocycles. The summed E-state index contributed by atoms with van der Waals surface area (Å²) in [6, 6.07) is 18.7. The average molecular weight is 452 g/mol. The Balaban J connectivity index is 1.66. The lowest BCUT2D eigenvalue weighted by molar-refractivity contribution is 0.0293. The highest BCUT2D eigenvalue weighted by molar-refractivity contribution is 5.68. The van der Waals surface area contributed by atoms with E-state index in [1.165, 1.54) is 11.1 Å². The monoisotopic (exact) mass is 451 g/mol. The number of fused-ring (bicyclic) bond motifs is 1. The highest BCUT2D eigenvalue weighted by Gasteiger charge is 2.27. The first kappa shape index (κ1) is 23.4. The van der Waals surface area contributed by atoms with Gasteiger partial charge in [-0.05, 0) is 17.5 Å². The van der Waals surface area contributed by atoms with E-state index in [0.29, 0.717) is 26.2 Å². The lowest BCUT2D eigenvalue weighted by Gasteiger charge is -2.30. The molecule has 1 aromatic heterocycles. The lowest BCUT2D eigenvalue weighted by Crippen LogP contribution is -2.37. The molecule has 176 valence electrons. The summed E-state index contributed by atoms with van der Waals surface area (Å²) in [5, 5.41) is 14.9. The Kier molecular flexibility index (Phi) is 8.12. The minimum atomic E-state index is -0.586. The Morgan fingerprint density at radius 3 is 2.58 bits per heavy atom. The summed E-state index contributed by atoms with van der Waals surface area (Å²) in [6.07, 6.45) is 0.383. The number of rotatable bonds is 11. The van der Waals surface area contributed by atoms with Crippen molar-refractivity contribution in [3.63, 3.8) is 0 Å². The van der Waals surface area contributed by atoms with E-state index in [4.69, 9.17) is 14.0 Å². The van der Waals surface area contributed by atoms with E-state index in [2.05, 4.69) is 51.4 Å². The maximum atomic E-state index is 10.4. The van der Waals surface area contributed by atoms with Crippen molar-refractivity contribution < 1.29 is 19.1 Å². The third-order valence-corrected chi connectivity index (χ3v) is 6.05. The molecule has 1 atom stereocenters. The number of aliphatic hydroxyl groups excluding tert-OH is 1. The van der Waals surface area contributed by atoms with Gasteiger partial charge in [0.15, 0.2) is 0 Å². The van der Waals surface area contributed by atoms with Crippen LogP contribution >= 0.6 is 0 Å². The van der Waals surface area contributed by atoms with E-state index >= 15 is 0 Å². The first-order valence-corrected chi connectivity index (χ1v) is 11.4. The topological polar surface area (TPSA) is 71.2 Å². The molecule has 0 bridgehead atoms. The number of aromatic nitrogens is 1. The zero-order chi connectivity index (χ0) is 23.0. The molecule has 7 nitrogen and oxygen atoms in total. The van der Waals surface area contributed by atoms with E-state index < -0.39 is 6.10 Å². The standard InChI is InChI=1S/C26H33N3O4/c1-31-15-14-28(17-23(30)19-32-2)18-24-25(21-9-4-3-5-10-21)27-33-26(24)29-13-12-20-8-6-7-11-22(20)16-29/h3-11,23,30H,12-19H2,1-2H3. The van der Waals surface area contributed by atoms with Gasteiger partial charge in [0.2, 0.25) is 5.88 Å². The summed E-state index contributed by atoms with van der Waals surface area (Å²) in [5.41, 5.74) is 5.60. The van der Waals surface area contributed by atoms with Crippen molar-refractivity contribution in [1.82, 2.24) is 10.1 Å². The zero-order valence-electron chi connectivity index (χ0n) is 19.4. The molecule has 33 heavy (non-hydrogen) atoms. The van der Waals surface area contributed by atoms with Crippen molar-refractivity contribution in [3.05, 3.63) is 71.3 Å². The maximum Gasteiger partial charge on any atom is 0.232 e. The minimum Gasteiger partial charge on any atom is -0.389 e. The lowest BCUT2D eigenvalue weighted by atomic mass is 9.99. The second-order valence-corrected chi connectivity index (χ2v) is 8.46. The molecule has 0 saturated heterocycles. The summed E-state index contributed by atoms with van der Waals surface area (Å²) in [5.74, 6) is 0.798. The van der Waals surface area contributed by atoms with Gasteiger partial charge in [-0.2, -0.15) is 0 Å². The van der Waals surface area contributed by atoms with Crippen molar-refractivity contribution in [2.45, 2.75) is 25.6 Å². The third-order valence-electron chi connectivity index (χ3n) is 6.05. The van der Waals surface area contributed by atoms with Gasteiger partial charge in [0.05, 0.1) is 24.9 Å². The van der Waals surface area contributed by atoms with Crippen LogP contribution in [0.5, 0.6) is 0 Å². The van der Waals surface area contributed by atoms with Crippen LogP contribution in [0.4, 0.5) is 5.88 Å². The average Bonchev–Trinajstić information content (AvgIpc) is 3.26. The highest BCUT2D eigenvalue weighted by atomic mass is 16.5. The normalized spacial score (nSPS) is 14.5. The number of nitrogens with zero attached hydrogens (tertiary/aromatic N) is 3. The number of aliphatic hydroxyl groups is 1. The molecule has 2 aromatic carbocycles. The fourth-order valence-electron chi connectivity index (χ4n) is 4.41. The molecule has 0 fully saturated rings. The predicted molar refractivity (Wildman–Crippen MR) is 128 cm³/mol. The minimum absolute atomic E-state index is 0.286. The number of ether oxygens (including phenoxy) is 2. The summed E-state index contributed by atoms with van der Waals surface area (Å²) in [7, 11) is 3.29. The Morgan fingerprint density at radius 1 is 1.06 bits per heavy atom. The highest BCUT2D eigenvalue weighted by Crippen LogP contribution is 2.35. The quantitative estimate of drug-likeness (QED) is 0.479. The van der Waals surface area contributed by atoms with Crippen LogP contribution in [-0.4, -0.2) is 68.3 Å². The van der Waals surface area contributed by atoms with E-state index in [1.54, 1.807) is 14.2 Å². The first-order valence-electron chi connectivity index (χ1n) is 11.4. The van der Waals surface area contributed by atoms with Crippen LogP contribution in [-0.2, 0) is 29.0 Å². The Hall–Kier alpha value is -2.71. The van der Waals surface area contributed by atoms with Crippen LogP contribution in [0, 0.1) is 0 Å². The van der Waals surface area contributed by atoms with Crippen LogP contribution < -0.4 is 4.90 Å². The molecule has 1 aliphatic heterocycles. The van der Waals surface area contributed by atoms with E-state index in [1.807, 2.05) is 18.2 Å². The van der Waals surface area contributed by atoms with Gasteiger partial charge in [0, 0.05) is 52.5 Å². The second kappa shape index (κ2) is 11.4. The largest absolute Gasteiger partial charge is 0.389 e. The molecule has 0 aliphatic carbocycles. The van der Waals surface area contributed by atoms with Crippen molar-refractivity contribution in [2.24, 2.45) is 0 Å². The number of hydrogen-bond acceptors (Lipinski definition) is 7. The molecule has 0 saturated carbocycles. The van der Waals surface area contributed by atoms with Gasteiger partial charge < -0.3 is 24.0 Å². The fraction of sp³-hybridized carbons (Fsp3) is 0.423. The van der Waals surface area contributed by atoms with E-state index in [0.717, 1.165) is 42.2 Å². The van der Waals surface area contributed by atoms with Crippen LogP contribution in [0.15, 0.2) is 59.1 Å². The number of hydrogen-bond donors (Lipinski definition) is 1. The molecule has 0 spiro atoms. The molecule has 1 N–H and O–H groups in total. The third kappa shape index (κ3) is 5.81. The molecule has 7 heteroatoms. The molecular weight excluding hydrogens is 418 g/mol. The summed E-state index contributed by atoms with van der Waals surface area (Å²) in [4.78, 5) is 4.45. The molecule has 0 radical (unpaired) electrons. The Morgan fingerprint density at radius 2 is 1.82 bits per heavy atom. The van der Waals surface area contributed by atoms with Gasteiger partial charge in [0.25, 0.3) is 0 Å². The van der Waals surface area contributed by atoms with Gasteiger partial charge in [0.1, 0.15) is 5.69 Å².